The van der Waals surface area contributed by atoms with E-state index in [2.05, 4.69) is 10.3 Å². The second-order valence-electron chi connectivity index (χ2n) is 6.81. The summed E-state index contributed by atoms with van der Waals surface area (Å²) in [6.45, 7) is 1.71. The van der Waals surface area contributed by atoms with Crippen LogP contribution < -0.4 is 11.0 Å². The van der Waals surface area contributed by atoms with E-state index in [0.29, 0.717) is 5.56 Å². The number of anilines is 1. The number of benzene rings is 1. The first kappa shape index (κ1) is 18.8. The summed E-state index contributed by atoms with van der Waals surface area (Å²) < 4.78 is 1.40. The highest BCUT2D eigenvalue weighted by atomic mass is 16.2. The molecule has 0 atom stereocenters. The van der Waals surface area contributed by atoms with Crippen molar-refractivity contribution in [3.8, 4) is 0 Å². The average Bonchev–Trinajstić information content (AvgIpc) is 2.68. The molecule has 1 saturated carbocycles. The highest BCUT2D eigenvalue weighted by Crippen LogP contribution is 2.23. The van der Waals surface area contributed by atoms with Crippen molar-refractivity contribution in [1.29, 1.82) is 0 Å². The Balaban J connectivity index is 1.71. The molecule has 7 heteroatoms. The number of hydrogen-bond donors (Lipinski definition) is 1. The monoisotopic (exact) mass is 368 g/mol. The highest BCUT2D eigenvalue weighted by molar-refractivity contribution is 6.03. The summed E-state index contributed by atoms with van der Waals surface area (Å²) in [7, 11) is 0. The Morgan fingerprint density at radius 2 is 1.85 bits per heavy atom. The Hall–Kier alpha value is -2.96. The lowest BCUT2D eigenvalue weighted by molar-refractivity contribution is -0.134. The normalized spacial score (nSPS) is 14.6. The number of rotatable bonds is 5. The van der Waals surface area contributed by atoms with Gasteiger partial charge in [0, 0.05) is 24.7 Å². The number of carbonyl (C=O) groups excluding carboxylic acids is 2. The van der Waals surface area contributed by atoms with E-state index in [1.807, 2.05) is 6.07 Å². The van der Waals surface area contributed by atoms with Gasteiger partial charge in [0.15, 0.2) is 0 Å². The van der Waals surface area contributed by atoms with Gasteiger partial charge in [-0.05, 0) is 31.0 Å². The number of hydrogen-bond acceptors (Lipinski definition) is 4. The van der Waals surface area contributed by atoms with Crippen molar-refractivity contribution < 1.29 is 9.59 Å². The molecule has 1 N–H and O–H groups in total. The summed E-state index contributed by atoms with van der Waals surface area (Å²) in [5.74, 6) is -0.180. The van der Waals surface area contributed by atoms with Gasteiger partial charge >= 0.3 is 5.69 Å². The van der Waals surface area contributed by atoms with Gasteiger partial charge in [-0.2, -0.15) is 4.98 Å². The minimum atomic E-state index is -0.497. The fourth-order valence-electron chi connectivity index (χ4n) is 3.41. The summed E-state index contributed by atoms with van der Waals surface area (Å²) >= 11 is 0. The van der Waals surface area contributed by atoms with E-state index in [-0.39, 0.29) is 30.3 Å². The van der Waals surface area contributed by atoms with E-state index in [1.54, 1.807) is 41.4 Å². The number of carbonyl (C=O) groups is 2. The number of amides is 2. The smallest absolute Gasteiger partial charge is 0.322 e. The zero-order valence-electron chi connectivity index (χ0n) is 15.4. The topological polar surface area (TPSA) is 84.3 Å². The highest BCUT2D eigenvalue weighted by Gasteiger charge is 2.23. The average molecular weight is 368 g/mol. The van der Waals surface area contributed by atoms with Crippen molar-refractivity contribution in [3.63, 3.8) is 0 Å². The lowest BCUT2D eigenvalue weighted by Gasteiger charge is -2.33. The molecule has 0 spiro atoms. The molecule has 7 nitrogen and oxygen atoms in total. The van der Waals surface area contributed by atoms with Crippen LogP contribution in [-0.2, 0) is 11.5 Å². The van der Waals surface area contributed by atoms with E-state index >= 15 is 0 Å². The van der Waals surface area contributed by atoms with Crippen LogP contribution in [0.15, 0.2) is 47.4 Å². The molecule has 1 aliphatic rings. The summed E-state index contributed by atoms with van der Waals surface area (Å²) in [6.07, 6.45) is 6.90. The van der Waals surface area contributed by atoms with Gasteiger partial charge in [0.2, 0.25) is 5.91 Å². The third-order valence-corrected chi connectivity index (χ3v) is 4.88. The van der Waals surface area contributed by atoms with Crippen molar-refractivity contribution in [2.75, 3.05) is 5.32 Å². The van der Waals surface area contributed by atoms with Crippen LogP contribution in [0.2, 0.25) is 0 Å². The second-order valence-corrected chi connectivity index (χ2v) is 6.81. The van der Waals surface area contributed by atoms with Gasteiger partial charge in [0.1, 0.15) is 12.5 Å². The molecule has 27 heavy (non-hydrogen) atoms. The van der Waals surface area contributed by atoms with Crippen LogP contribution in [0.3, 0.4) is 0 Å². The molecule has 0 saturated heterocycles. The lowest BCUT2D eigenvalue weighted by Crippen LogP contribution is -2.43. The number of nitrogens with one attached hydrogen (secondary N) is 1. The Labute approximate surface area is 158 Å². The van der Waals surface area contributed by atoms with Crippen molar-refractivity contribution in [1.82, 2.24) is 14.5 Å². The lowest BCUT2D eigenvalue weighted by atomic mass is 9.94. The fraction of sp³-hybridized carbons (Fsp3) is 0.400. The molecular formula is C20H24N4O3. The maximum atomic E-state index is 12.4. The van der Waals surface area contributed by atoms with Crippen molar-refractivity contribution >= 4 is 17.6 Å². The molecule has 0 radical (unpaired) electrons. The third-order valence-electron chi connectivity index (χ3n) is 4.88. The van der Waals surface area contributed by atoms with Crippen LogP contribution in [0.4, 0.5) is 5.82 Å². The molecule has 2 amide bonds. The predicted octanol–water partition coefficient (Wildman–Crippen LogP) is 2.63. The molecule has 1 aliphatic carbocycles. The van der Waals surface area contributed by atoms with Gasteiger partial charge in [-0.3, -0.25) is 14.2 Å². The summed E-state index contributed by atoms with van der Waals surface area (Å²) in [5.41, 5.74) is -0.00791. The Kier molecular flexibility index (Phi) is 6.01. The van der Waals surface area contributed by atoms with E-state index in [9.17, 15) is 14.4 Å². The predicted molar refractivity (Wildman–Crippen MR) is 102 cm³/mol. The maximum absolute atomic E-state index is 12.4. The number of nitrogens with zero attached hydrogens (tertiary/aromatic N) is 3. The van der Waals surface area contributed by atoms with Crippen molar-refractivity contribution in [3.05, 3.63) is 58.6 Å². The molecule has 142 valence electrons. The Morgan fingerprint density at radius 1 is 1.15 bits per heavy atom. The third kappa shape index (κ3) is 4.81. The molecule has 3 rings (SSSR count). The molecule has 0 bridgehead atoms. The molecule has 1 aromatic carbocycles. The van der Waals surface area contributed by atoms with Gasteiger partial charge in [-0.15, -0.1) is 0 Å². The standard InChI is InChI=1S/C20H24N4O3/c1-15(25)24(17-10-6-3-7-11-17)14-23-13-12-18(22-20(23)27)21-19(26)16-8-4-2-5-9-16/h2,4-5,8-9,12-13,17H,3,6-7,10-11,14H2,1H3,(H,21,22,26,27). The molecule has 1 fully saturated rings. The van der Waals surface area contributed by atoms with Crippen LogP contribution in [0, 0.1) is 0 Å². The molecular weight excluding hydrogens is 344 g/mol. The zero-order valence-corrected chi connectivity index (χ0v) is 15.4. The van der Waals surface area contributed by atoms with E-state index in [0.717, 1.165) is 25.7 Å². The second kappa shape index (κ2) is 8.62. The molecule has 0 unspecified atom stereocenters. The fourth-order valence-corrected chi connectivity index (χ4v) is 3.41. The van der Waals surface area contributed by atoms with Crippen LogP contribution >= 0.6 is 0 Å². The molecule has 1 heterocycles. The summed E-state index contributed by atoms with van der Waals surface area (Å²) in [4.78, 5) is 42.3. The SMILES string of the molecule is CC(=O)N(Cn1ccc(NC(=O)c2ccccc2)nc1=O)C1CCCCC1. The Morgan fingerprint density at radius 3 is 2.48 bits per heavy atom. The van der Waals surface area contributed by atoms with E-state index in [4.69, 9.17) is 0 Å². The summed E-state index contributed by atoms with van der Waals surface area (Å²) in [6, 6.07) is 10.5. The van der Waals surface area contributed by atoms with Gasteiger partial charge in [0.25, 0.3) is 5.91 Å². The van der Waals surface area contributed by atoms with E-state index < -0.39 is 5.69 Å². The quantitative estimate of drug-likeness (QED) is 0.879. The van der Waals surface area contributed by atoms with Gasteiger partial charge in [0.05, 0.1) is 0 Å². The van der Waals surface area contributed by atoms with Crippen LogP contribution in [0.1, 0.15) is 49.4 Å². The molecule has 0 aliphatic heterocycles. The van der Waals surface area contributed by atoms with Crippen LogP contribution in [-0.4, -0.2) is 32.3 Å². The largest absolute Gasteiger partial charge is 0.350 e. The van der Waals surface area contributed by atoms with E-state index in [1.165, 1.54) is 17.9 Å². The van der Waals surface area contributed by atoms with Crippen LogP contribution in [0.5, 0.6) is 0 Å². The first-order valence-corrected chi connectivity index (χ1v) is 9.25. The minimum absolute atomic E-state index is 0.0461. The van der Waals surface area contributed by atoms with Crippen molar-refractivity contribution in [2.24, 2.45) is 0 Å². The molecule has 2 aromatic rings. The zero-order chi connectivity index (χ0) is 19.2. The first-order chi connectivity index (χ1) is 13.0. The maximum Gasteiger partial charge on any atom is 0.350 e. The van der Waals surface area contributed by atoms with Gasteiger partial charge in [-0.1, -0.05) is 37.5 Å². The van der Waals surface area contributed by atoms with Crippen molar-refractivity contribution in [2.45, 2.75) is 51.7 Å². The van der Waals surface area contributed by atoms with Crippen LogP contribution in [0.25, 0.3) is 0 Å². The first-order valence-electron chi connectivity index (χ1n) is 9.25. The number of aromatic nitrogens is 2. The van der Waals surface area contributed by atoms with Gasteiger partial charge < -0.3 is 10.2 Å². The minimum Gasteiger partial charge on any atom is -0.322 e. The Bertz CT molecular complexity index is 857. The molecule has 1 aromatic heterocycles. The summed E-state index contributed by atoms with van der Waals surface area (Å²) in [5, 5.41) is 2.62. The van der Waals surface area contributed by atoms with Gasteiger partial charge in [-0.25, -0.2) is 4.79 Å².